The van der Waals surface area contributed by atoms with Crippen LogP contribution in [0.1, 0.15) is 11.4 Å². The highest BCUT2D eigenvalue weighted by atomic mass is 32.1. The number of anilines is 1. The molecule has 0 saturated heterocycles. The Bertz CT molecular complexity index is 911. The second kappa shape index (κ2) is 7.53. The third-order valence-corrected chi connectivity index (χ3v) is 4.83. The van der Waals surface area contributed by atoms with Crippen molar-refractivity contribution in [2.75, 3.05) is 18.5 Å². The van der Waals surface area contributed by atoms with Crippen molar-refractivity contribution in [3.05, 3.63) is 53.1 Å². The summed E-state index contributed by atoms with van der Waals surface area (Å²) in [7, 11) is 0. The van der Waals surface area contributed by atoms with Crippen molar-refractivity contribution in [1.82, 2.24) is 9.97 Å². The minimum atomic E-state index is -0.0534. The highest BCUT2D eigenvalue weighted by molar-refractivity contribution is 7.09. The molecule has 0 spiro atoms. The van der Waals surface area contributed by atoms with Gasteiger partial charge < -0.3 is 14.8 Å². The van der Waals surface area contributed by atoms with Crippen LogP contribution in [-0.4, -0.2) is 29.1 Å². The first kappa shape index (κ1) is 16.5. The number of ether oxygens (including phenoxy) is 2. The van der Waals surface area contributed by atoms with Crippen LogP contribution in [0.3, 0.4) is 0 Å². The Morgan fingerprint density at radius 3 is 2.77 bits per heavy atom. The predicted molar refractivity (Wildman–Crippen MR) is 99.7 cm³/mol. The number of nitrogens with zero attached hydrogens (tertiary/aromatic N) is 2. The van der Waals surface area contributed by atoms with Crippen LogP contribution < -0.4 is 14.8 Å². The molecule has 1 aliphatic rings. The van der Waals surface area contributed by atoms with Crippen molar-refractivity contribution in [2.45, 2.75) is 12.8 Å². The highest BCUT2D eigenvalue weighted by Gasteiger charge is 2.13. The molecule has 0 bridgehead atoms. The molecule has 1 N–H and O–H groups in total. The number of pyridine rings is 1. The number of carbonyl (C=O) groups excluding carboxylic acids is 1. The molecule has 0 atom stereocenters. The summed E-state index contributed by atoms with van der Waals surface area (Å²) in [6.45, 7) is 1.07. The van der Waals surface area contributed by atoms with Crippen molar-refractivity contribution in [2.24, 2.45) is 0 Å². The van der Waals surface area contributed by atoms with Crippen LogP contribution in [0.5, 0.6) is 11.5 Å². The first-order valence-corrected chi connectivity index (χ1v) is 9.20. The zero-order chi connectivity index (χ0) is 17.8. The normalized spacial score (nSPS) is 12.6. The van der Waals surface area contributed by atoms with Crippen molar-refractivity contribution in [3.63, 3.8) is 0 Å². The van der Waals surface area contributed by atoms with Gasteiger partial charge in [-0.05, 0) is 24.3 Å². The van der Waals surface area contributed by atoms with E-state index in [-0.39, 0.29) is 5.91 Å². The van der Waals surface area contributed by atoms with E-state index >= 15 is 0 Å². The van der Waals surface area contributed by atoms with E-state index in [1.807, 2.05) is 29.6 Å². The van der Waals surface area contributed by atoms with Gasteiger partial charge in [0.25, 0.3) is 0 Å². The number of nitrogens with one attached hydrogen (secondary N) is 1. The molecule has 6 nitrogen and oxygen atoms in total. The Balaban J connectivity index is 1.34. The zero-order valence-electron chi connectivity index (χ0n) is 14.0. The van der Waals surface area contributed by atoms with Gasteiger partial charge in [0.05, 0.1) is 10.7 Å². The zero-order valence-corrected chi connectivity index (χ0v) is 14.8. The van der Waals surface area contributed by atoms with Crippen LogP contribution in [0.4, 0.5) is 5.69 Å². The van der Waals surface area contributed by atoms with E-state index in [9.17, 15) is 4.79 Å². The molecule has 1 aliphatic heterocycles. The van der Waals surface area contributed by atoms with E-state index in [0.29, 0.717) is 43.2 Å². The number of rotatable bonds is 5. The van der Waals surface area contributed by atoms with Gasteiger partial charge in [-0.2, -0.15) is 0 Å². The van der Waals surface area contributed by atoms with Crippen molar-refractivity contribution >= 4 is 22.9 Å². The summed E-state index contributed by atoms with van der Waals surface area (Å²) in [5, 5.41) is 5.84. The molecular weight excluding hydrogens is 350 g/mol. The summed E-state index contributed by atoms with van der Waals surface area (Å²) in [5.74, 6) is 1.32. The fourth-order valence-electron chi connectivity index (χ4n) is 2.65. The van der Waals surface area contributed by atoms with Crippen LogP contribution in [0.2, 0.25) is 0 Å². The number of aryl methyl sites for hydroxylation is 1. The summed E-state index contributed by atoms with van der Waals surface area (Å²) >= 11 is 1.56. The molecule has 132 valence electrons. The number of amides is 1. The van der Waals surface area contributed by atoms with Crippen LogP contribution in [0, 0.1) is 0 Å². The minimum absolute atomic E-state index is 0.0534. The summed E-state index contributed by atoms with van der Waals surface area (Å²) < 4.78 is 11.0. The lowest BCUT2D eigenvalue weighted by Gasteiger charge is -2.18. The number of aromatic nitrogens is 2. The first-order valence-electron chi connectivity index (χ1n) is 8.32. The molecule has 0 fully saturated rings. The third-order valence-electron chi connectivity index (χ3n) is 3.92. The van der Waals surface area contributed by atoms with Crippen molar-refractivity contribution < 1.29 is 14.3 Å². The molecule has 1 aromatic carbocycles. The Morgan fingerprint density at radius 2 is 1.92 bits per heavy atom. The number of carbonyl (C=O) groups is 1. The van der Waals surface area contributed by atoms with E-state index in [1.54, 1.807) is 29.8 Å². The van der Waals surface area contributed by atoms with E-state index < -0.39 is 0 Å². The molecule has 0 aliphatic carbocycles. The van der Waals surface area contributed by atoms with Gasteiger partial charge in [0, 0.05) is 47.9 Å². The van der Waals surface area contributed by atoms with Crippen LogP contribution in [-0.2, 0) is 11.2 Å². The van der Waals surface area contributed by atoms with Gasteiger partial charge in [-0.15, -0.1) is 11.3 Å². The topological polar surface area (TPSA) is 73.3 Å². The molecule has 3 heterocycles. The highest BCUT2D eigenvalue weighted by Crippen LogP contribution is 2.32. The molecular formula is C19H17N3O3S. The second-order valence-electron chi connectivity index (χ2n) is 5.77. The van der Waals surface area contributed by atoms with Gasteiger partial charge in [0.1, 0.15) is 13.2 Å². The van der Waals surface area contributed by atoms with Gasteiger partial charge in [-0.1, -0.05) is 0 Å². The smallest absolute Gasteiger partial charge is 0.224 e. The Kier molecular flexibility index (Phi) is 4.79. The molecule has 0 saturated carbocycles. The first-order chi connectivity index (χ1) is 12.8. The third kappa shape index (κ3) is 3.83. The SMILES string of the molecule is O=C(CCc1nc(-c2ccncc2)cs1)Nc1ccc2c(c1)OCCO2. The van der Waals surface area contributed by atoms with E-state index in [0.717, 1.165) is 16.3 Å². The number of fused-ring (bicyclic) bond motifs is 1. The van der Waals surface area contributed by atoms with Crippen molar-refractivity contribution in [3.8, 4) is 22.8 Å². The van der Waals surface area contributed by atoms with Gasteiger partial charge in [0.15, 0.2) is 11.5 Å². The Morgan fingerprint density at radius 1 is 1.12 bits per heavy atom. The standard InChI is InChI=1S/C19H17N3O3S/c23-18(21-14-1-2-16-17(11-14)25-10-9-24-16)3-4-19-22-15(12-26-19)13-5-7-20-8-6-13/h1-2,5-8,11-12H,3-4,9-10H2,(H,21,23). The van der Waals surface area contributed by atoms with Crippen LogP contribution in [0.15, 0.2) is 48.1 Å². The van der Waals surface area contributed by atoms with Gasteiger partial charge in [0.2, 0.25) is 5.91 Å². The maximum Gasteiger partial charge on any atom is 0.224 e. The van der Waals surface area contributed by atoms with Gasteiger partial charge >= 0.3 is 0 Å². The lowest BCUT2D eigenvalue weighted by atomic mass is 10.2. The lowest BCUT2D eigenvalue weighted by Crippen LogP contribution is -2.16. The van der Waals surface area contributed by atoms with Crippen LogP contribution in [0.25, 0.3) is 11.3 Å². The summed E-state index contributed by atoms with van der Waals surface area (Å²) in [6.07, 6.45) is 4.47. The quantitative estimate of drug-likeness (QED) is 0.747. The Labute approximate surface area is 154 Å². The predicted octanol–water partition coefficient (Wildman–Crippen LogP) is 3.55. The molecule has 26 heavy (non-hydrogen) atoms. The molecule has 0 unspecified atom stereocenters. The van der Waals surface area contributed by atoms with E-state index in [1.165, 1.54) is 0 Å². The summed E-state index contributed by atoms with van der Waals surface area (Å²) in [4.78, 5) is 20.8. The second-order valence-corrected chi connectivity index (χ2v) is 6.71. The fraction of sp³-hybridized carbons (Fsp3) is 0.211. The Hall–Kier alpha value is -2.93. The number of hydrogen-bond donors (Lipinski definition) is 1. The average molecular weight is 367 g/mol. The minimum Gasteiger partial charge on any atom is -0.486 e. The molecule has 4 rings (SSSR count). The maximum atomic E-state index is 12.2. The molecule has 2 aromatic heterocycles. The molecule has 3 aromatic rings. The van der Waals surface area contributed by atoms with Crippen LogP contribution >= 0.6 is 11.3 Å². The van der Waals surface area contributed by atoms with E-state index in [2.05, 4.69) is 15.3 Å². The van der Waals surface area contributed by atoms with Crippen molar-refractivity contribution in [1.29, 1.82) is 0 Å². The van der Waals surface area contributed by atoms with Gasteiger partial charge in [-0.3, -0.25) is 9.78 Å². The largest absolute Gasteiger partial charge is 0.486 e. The average Bonchev–Trinajstić information content (AvgIpc) is 3.16. The monoisotopic (exact) mass is 367 g/mol. The number of hydrogen-bond acceptors (Lipinski definition) is 6. The maximum absolute atomic E-state index is 12.2. The lowest BCUT2D eigenvalue weighted by molar-refractivity contribution is -0.116. The van der Waals surface area contributed by atoms with Gasteiger partial charge in [-0.25, -0.2) is 4.98 Å². The fourth-order valence-corrected chi connectivity index (χ4v) is 3.45. The number of benzene rings is 1. The summed E-state index contributed by atoms with van der Waals surface area (Å²) in [5.41, 5.74) is 2.65. The molecule has 7 heteroatoms. The molecule has 0 radical (unpaired) electrons. The number of thiazole rings is 1. The summed E-state index contributed by atoms with van der Waals surface area (Å²) in [6, 6.07) is 9.26. The van der Waals surface area contributed by atoms with E-state index in [4.69, 9.17) is 9.47 Å². The molecule has 1 amide bonds.